The Balaban J connectivity index is 3.12. The van der Waals surface area contributed by atoms with Crippen LogP contribution < -0.4 is 4.74 Å². The minimum atomic E-state index is -1.16. The van der Waals surface area contributed by atoms with E-state index in [0.717, 1.165) is 11.3 Å². The van der Waals surface area contributed by atoms with Gasteiger partial charge in [-0.15, -0.1) is 0 Å². The average molecular weight is 339 g/mol. The Hall–Kier alpha value is -0.843. The van der Waals surface area contributed by atoms with Gasteiger partial charge in [-0.25, -0.2) is 0 Å². The van der Waals surface area contributed by atoms with Gasteiger partial charge in [-0.1, -0.05) is 32.9 Å². The highest BCUT2D eigenvalue weighted by atomic mass is 28.3. The highest BCUT2D eigenvalue weighted by Gasteiger charge is 2.37. The van der Waals surface area contributed by atoms with E-state index in [-0.39, 0.29) is 11.5 Å². The van der Waals surface area contributed by atoms with Gasteiger partial charge in [0.1, 0.15) is 11.4 Å². The van der Waals surface area contributed by atoms with Crippen LogP contribution in [-0.2, 0) is 4.43 Å². The molecule has 132 valence electrons. The second-order valence-corrected chi connectivity index (χ2v) is 11.0. The predicted molar refractivity (Wildman–Crippen MR) is 99.6 cm³/mol. The van der Waals surface area contributed by atoms with Crippen LogP contribution >= 0.6 is 0 Å². The molecular weight excluding hydrogens is 304 g/mol. The molecule has 0 aliphatic carbocycles. The molecule has 0 amide bonds. The molecule has 0 heterocycles. The zero-order valence-electron chi connectivity index (χ0n) is 16.2. The molecule has 0 fully saturated rings. The monoisotopic (exact) mass is 338 g/mol. The minimum Gasteiger partial charge on any atom is -0.485 e. The van der Waals surface area contributed by atoms with E-state index in [0.29, 0.717) is 0 Å². The number of aliphatic hydroxyl groups is 1. The third-order valence-electron chi connectivity index (χ3n) is 4.20. The van der Waals surface area contributed by atoms with Gasteiger partial charge in [0.2, 0.25) is 0 Å². The van der Waals surface area contributed by atoms with Crippen molar-refractivity contribution in [2.75, 3.05) is 0 Å². The van der Waals surface area contributed by atoms with Crippen molar-refractivity contribution in [3.05, 3.63) is 29.8 Å². The lowest BCUT2D eigenvalue weighted by Crippen LogP contribution is -2.49. The molecule has 0 saturated carbocycles. The first-order valence-corrected chi connectivity index (χ1v) is 11.2. The van der Waals surface area contributed by atoms with Crippen molar-refractivity contribution in [1.29, 1.82) is 0 Å². The van der Waals surface area contributed by atoms with Crippen LogP contribution in [0.25, 0.3) is 0 Å². The summed E-state index contributed by atoms with van der Waals surface area (Å²) in [6.07, 6.45) is 0.0444. The summed E-state index contributed by atoms with van der Waals surface area (Å²) in [5.74, 6) is 0.762. The van der Waals surface area contributed by atoms with Crippen molar-refractivity contribution in [2.24, 2.45) is 5.41 Å². The summed E-state index contributed by atoms with van der Waals surface area (Å²) in [5.41, 5.74) is -0.478. The van der Waals surface area contributed by atoms with Gasteiger partial charge in [-0.3, -0.25) is 0 Å². The summed E-state index contributed by atoms with van der Waals surface area (Å²) in [6, 6.07) is 8.06. The van der Waals surface area contributed by atoms with E-state index in [1.165, 1.54) is 0 Å². The van der Waals surface area contributed by atoms with Crippen molar-refractivity contribution in [1.82, 2.24) is 0 Å². The average Bonchev–Trinajstić information content (AvgIpc) is 2.32. The Morgan fingerprint density at radius 2 is 1.57 bits per heavy atom. The topological polar surface area (TPSA) is 38.7 Å². The Kier molecular flexibility index (Phi) is 6.11. The largest absolute Gasteiger partial charge is 0.485 e. The van der Waals surface area contributed by atoms with E-state index >= 15 is 0 Å². The Morgan fingerprint density at radius 3 is 2.00 bits per heavy atom. The first-order chi connectivity index (χ1) is 10.2. The summed E-state index contributed by atoms with van der Waals surface area (Å²) in [7, 11) is -1.16. The first kappa shape index (κ1) is 20.2. The number of hydrogen-bond donors (Lipinski definition) is 1. The van der Waals surface area contributed by atoms with E-state index < -0.39 is 20.2 Å². The highest BCUT2D eigenvalue weighted by molar-refractivity contribution is 6.48. The Morgan fingerprint density at radius 1 is 1.00 bits per heavy atom. The fraction of sp³-hybridized carbons (Fsp3) is 0.684. The van der Waals surface area contributed by atoms with Gasteiger partial charge < -0.3 is 14.3 Å². The van der Waals surface area contributed by atoms with Crippen LogP contribution in [0.15, 0.2) is 24.3 Å². The fourth-order valence-electron chi connectivity index (χ4n) is 2.22. The van der Waals surface area contributed by atoms with Gasteiger partial charge in [0.15, 0.2) is 9.04 Å². The predicted octanol–water partition coefficient (Wildman–Crippen LogP) is 4.70. The molecule has 0 saturated heterocycles. The minimum absolute atomic E-state index is 0.0155. The van der Waals surface area contributed by atoms with Crippen LogP contribution in [0.1, 0.15) is 60.1 Å². The normalized spacial score (nSPS) is 14.9. The van der Waals surface area contributed by atoms with E-state index in [1.54, 1.807) is 13.8 Å². The molecule has 23 heavy (non-hydrogen) atoms. The molecular formula is C19H34O3Si. The molecule has 1 rings (SSSR count). The van der Waals surface area contributed by atoms with Crippen molar-refractivity contribution in [3.63, 3.8) is 0 Å². The van der Waals surface area contributed by atoms with Crippen LogP contribution in [0.3, 0.4) is 0 Å². The second-order valence-electron chi connectivity index (χ2n) is 8.67. The fourth-order valence-corrected chi connectivity index (χ4v) is 3.33. The standard InChI is InChI=1S/C19H34O3Si/c1-17(2,3)16(22-23(8)9)14-11-10-12-15(13-14)21-19(6,7)18(4,5)20/h10-13,16,20,23H,1-9H3. The maximum Gasteiger partial charge on any atom is 0.171 e. The third-order valence-corrected chi connectivity index (χ3v) is 5.02. The molecule has 1 unspecified atom stereocenters. The Labute approximate surface area is 143 Å². The lowest BCUT2D eigenvalue weighted by Gasteiger charge is -2.38. The third kappa shape index (κ3) is 5.62. The molecule has 1 N–H and O–H groups in total. The maximum absolute atomic E-state index is 10.3. The quantitative estimate of drug-likeness (QED) is 0.764. The van der Waals surface area contributed by atoms with E-state index in [4.69, 9.17) is 9.16 Å². The second kappa shape index (κ2) is 6.95. The van der Waals surface area contributed by atoms with Crippen LogP contribution in [0.2, 0.25) is 13.1 Å². The molecule has 0 aromatic heterocycles. The number of ether oxygens (including phenoxy) is 1. The smallest absolute Gasteiger partial charge is 0.171 e. The van der Waals surface area contributed by atoms with Crippen molar-refractivity contribution >= 4 is 9.04 Å². The number of rotatable bonds is 6. The van der Waals surface area contributed by atoms with Gasteiger partial charge >= 0.3 is 0 Å². The van der Waals surface area contributed by atoms with Crippen LogP contribution in [0.4, 0.5) is 0 Å². The lowest BCUT2D eigenvalue weighted by molar-refractivity contribution is -0.0907. The zero-order chi connectivity index (χ0) is 18.1. The molecule has 3 nitrogen and oxygen atoms in total. The van der Waals surface area contributed by atoms with Crippen LogP contribution in [-0.4, -0.2) is 25.3 Å². The summed E-state index contributed by atoms with van der Waals surface area (Å²) < 4.78 is 12.4. The van der Waals surface area contributed by atoms with Crippen molar-refractivity contribution in [3.8, 4) is 5.75 Å². The van der Waals surface area contributed by atoms with E-state index in [1.807, 2.05) is 32.0 Å². The molecule has 0 radical (unpaired) electrons. The molecule has 0 spiro atoms. The highest BCUT2D eigenvalue weighted by Crippen LogP contribution is 2.38. The van der Waals surface area contributed by atoms with Crippen molar-refractivity contribution < 1.29 is 14.3 Å². The molecule has 1 aromatic carbocycles. The zero-order valence-corrected chi connectivity index (χ0v) is 17.4. The summed E-state index contributed by atoms with van der Waals surface area (Å²) >= 11 is 0. The van der Waals surface area contributed by atoms with Gasteiger partial charge in [-0.05, 0) is 63.9 Å². The van der Waals surface area contributed by atoms with E-state index in [2.05, 4.69) is 39.9 Å². The lowest BCUT2D eigenvalue weighted by atomic mass is 9.84. The SMILES string of the molecule is C[SiH](C)OC(c1cccc(OC(C)(C)C(C)(C)O)c1)C(C)(C)C. The van der Waals surface area contributed by atoms with Gasteiger partial charge in [0.25, 0.3) is 0 Å². The summed E-state index contributed by atoms with van der Waals surface area (Å²) in [6.45, 7) is 18.3. The number of benzene rings is 1. The van der Waals surface area contributed by atoms with Crippen LogP contribution in [0.5, 0.6) is 5.75 Å². The summed E-state index contributed by atoms with van der Waals surface area (Å²) in [5, 5.41) is 10.3. The molecule has 0 aliphatic rings. The molecule has 1 aromatic rings. The molecule has 4 heteroatoms. The summed E-state index contributed by atoms with van der Waals surface area (Å²) in [4.78, 5) is 0. The Bertz CT molecular complexity index is 510. The molecule has 0 bridgehead atoms. The van der Waals surface area contributed by atoms with Gasteiger partial charge in [0.05, 0.1) is 11.7 Å². The van der Waals surface area contributed by atoms with Gasteiger partial charge in [0, 0.05) is 0 Å². The number of hydrogen-bond acceptors (Lipinski definition) is 3. The maximum atomic E-state index is 10.3. The van der Waals surface area contributed by atoms with E-state index in [9.17, 15) is 5.11 Å². The molecule has 0 aliphatic heterocycles. The van der Waals surface area contributed by atoms with Gasteiger partial charge in [-0.2, -0.15) is 0 Å². The van der Waals surface area contributed by atoms with Crippen LogP contribution in [0, 0.1) is 5.41 Å². The van der Waals surface area contributed by atoms with Crippen molar-refractivity contribution in [2.45, 2.75) is 78.9 Å². The molecule has 1 atom stereocenters. The first-order valence-electron chi connectivity index (χ1n) is 8.41.